The van der Waals surface area contributed by atoms with Crippen LogP contribution >= 0.6 is 0 Å². The van der Waals surface area contributed by atoms with Gasteiger partial charge in [0.05, 0.1) is 13.1 Å². The van der Waals surface area contributed by atoms with Gasteiger partial charge in [-0.25, -0.2) is 0 Å². The molecule has 1 saturated heterocycles. The maximum absolute atomic E-state index is 13.1. The number of carbonyl (C=O) groups is 4. The SMILES string of the molecule is CC(C)C.CC[C@H](C(=O)NCC(=O)N(C)[C@H](CN(C)CC(=O)N1CCCC1)C(C)C)C(C)(C)c1ccccc1.CNC=O. The minimum absolute atomic E-state index is 0.0314. The number of benzene rings is 1. The number of nitrogens with zero attached hydrogens (tertiary/aromatic N) is 3. The Labute approximate surface area is 262 Å². The van der Waals surface area contributed by atoms with E-state index < -0.39 is 0 Å². The summed E-state index contributed by atoms with van der Waals surface area (Å²) in [5.74, 6) is 0.734. The van der Waals surface area contributed by atoms with Crippen LogP contribution in [-0.2, 0) is 24.6 Å². The quantitative estimate of drug-likeness (QED) is 0.330. The lowest BCUT2D eigenvalue weighted by molar-refractivity contribution is -0.136. The molecule has 2 atom stereocenters. The molecule has 1 aliphatic heterocycles. The van der Waals surface area contributed by atoms with Gasteiger partial charge in [-0.15, -0.1) is 0 Å². The van der Waals surface area contributed by atoms with Gasteiger partial charge in [-0.3, -0.25) is 24.1 Å². The van der Waals surface area contributed by atoms with Crippen molar-refractivity contribution in [2.45, 2.75) is 86.1 Å². The molecular weight excluding hydrogens is 542 g/mol. The van der Waals surface area contributed by atoms with Gasteiger partial charge in [0.25, 0.3) is 0 Å². The van der Waals surface area contributed by atoms with Crippen molar-refractivity contribution < 1.29 is 19.2 Å². The van der Waals surface area contributed by atoms with E-state index in [4.69, 9.17) is 4.79 Å². The normalized spacial score (nSPS) is 14.2. The third-order valence-corrected chi connectivity index (χ3v) is 7.67. The molecule has 0 aliphatic carbocycles. The Balaban J connectivity index is 0.00000195. The topological polar surface area (TPSA) is 102 Å². The zero-order chi connectivity index (χ0) is 33.2. The molecule has 1 aromatic carbocycles. The second kappa shape index (κ2) is 20.9. The van der Waals surface area contributed by atoms with Gasteiger partial charge in [0.2, 0.25) is 24.1 Å². The molecule has 0 spiro atoms. The Morgan fingerprint density at radius 1 is 1.00 bits per heavy atom. The first-order valence-electron chi connectivity index (χ1n) is 15.8. The number of amides is 4. The van der Waals surface area contributed by atoms with E-state index >= 15 is 0 Å². The summed E-state index contributed by atoms with van der Waals surface area (Å²) in [6.45, 7) is 19.5. The molecule has 1 heterocycles. The van der Waals surface area contributed by atoms with Gasteiger partial charge in [0, 0.05) is 51.1 Å². The van der Waals surface area contributed by atoms with Crippen LogP contribution in [0.4, 0.5) is 0 Å². The number of likely N-dealkylation sites (N-methyl/N-ethyl adjacent to an activating group) is 2. The Morgan fingerprint density at radius 3 is 1.95 bits per heavy atom. The van der Waals surface area contributed by atoms with Crippen molar-refractivity contribution >= 4 is 24.1 Å². The number of carbonyl (C=O) groups excluding carboxylic acids is 4. The number of likely N-dealkylation sites (tertiary alicyclic amines) is 1. The fourth-order valence-corrected chi connectivity index (χ4v) is 5.15. The Bertz CT molecular complexity index is 943. The third kappa shape index (κ3) is 14.9. The van der Waals surface area contributed by atoms with Gasteiger partial charge in [0.1, 0.15) is 0 Å². The molecule has 2 rings (SSSR count). The first-order valence-corrected chi connectivity index (χ1v) is 15.8. The van der Waals surface area contributed by atoms with Crippen LogP contribution in [-0.4, -0.2) is 98.7 Å². The number of nitrogens with one attached hydrogen (secondary N) is 2. The van der Waals surface area contributed by atoms with Gasteiger partial charge in [-0.05, 0) is 43.7 Å². The average molecular weight is 604 g/mol. The van der Waals surface area contributed by atoms with E-state index in [1.807, 2.05) is 54.1 Å². The molecule has 4 amide bonds. The van der Waals surface area contributed by atoms with E-state index in [-0.39, 0.29) is 47.6 Å². The fourth-order valence-electron chi connectivity index (χ4n) is 5.15. The lowest BCUT2D eigenvalue weighted by Gasteiger charge is -2.35. The molecule has 0 aromatic heterocycles. The molecule has 0 radical (unpaired) electrons. The average Bonchev–Trinajstić information content (AvgIpc) is 3.50. The monoisotopic (exact) mass is 603 g/mol. The number of hydrogen-bond acceptors (Lipinski definition) is 5. The molecule has 0 bridgehead atoms. The lowest BCUT2D eigenvalue weighted by Crippen LogP contribution is -2.52. The Hall–Kier alpha value is -2.94. The summed E-state index contributed by atoms with van der Waals surface area (Å²) in [6, 6.07) is 9.99. The standard InChI is InChI=1S/C28H46N4O3.C4H10.C2H5NO/c1-8-23(28(4,5)22-14-10-9-11-15-22)27(35)29-18-25(33)31(7)24(21(2)3)19-30(6)20-26(34)32-16-12-13-17-32;1-4(2)3;1-3-2-4/h9-11,14-15,21,23-24H,8,12-13,16-20H2,1-7H3,(H,29,35);4H,1-3H3;2H,1H3,(H,3,4)/t23-,24-;;/m1../s1. The first kappa shape index (κ1) is 40.1. The van der Waals surface area contributed by atoms with E-state index in [2.05, 4.69) is 59.1 Å². The Kier molecular flexibility index (Phi) is 19.4. The highest BCUT2D eigenvalue weighted by molar-refractivity contribution is 5.86. The van der Waals surface area contributed by atoms with Gasteiger partial charge in [0.15, 0.2) is 0 Å². The maximum atomic E-state index is 13.1. The van der Waals surface area contributed by atoms with Crippen molar-refractivity contribution in [2.75, 3.05) is 53.9 Å². The van der Waals surface area contributed by atoms with Crippen LogP contribution < -0.4 is 10.6 Å². The van der Waals surface area contributed by atoms with Crippen molar-refractivity contribution in [3.05, 3.63) is 35.9 Å². The zero-order valence-electron chi connectivity index (χ0n) is 28.9. The van der Waals surface area contributed by atoms with E-state index in [0.717, 1.165) is 37.4 Å². The van der Waals surface area contributed by atoms with Crippen molar-refractivity contribution in [1.29, 1.82) is 0 Å². The van der Waals surface area contributed by atoms with Gasteiger partial charge in [-0.2, -0.15) is 0 Å². The summed E-state index contributed by atoms with van der Waals surface area (Å²) >= 11 is 0. The smallest absolute Gasteiger partial charge is 0.242 e. The van der Waals surface area contributed by atoms with E-state index in [1.54, 1.807) is 19.0 Å². The summed E-state index contributed by atoms with van der Waals surface area (Å²) in [4.78, 5) is 53.4. The lowest BCUT2D eigenvalue weighted by atomic mass is 9.71. The van der Waals surface area contributed by atoms with E-state index in [0.29, 0.717) is 25.9 Å². The molecular formula is C34H61N5O4. The van der Waals surface area contributed by atoms with Crippen molar-refractivity contribution in [2.24, 2.45) is 17.8 Å². The predicted octanol–water partition coefficient (Wildman–Crippen LogP) is 4.17. The van der Waals surface area contributed by atoms with E-state index in [9.17, 15) is 14.4 Å². The molecule has 9 nitrogen and oxygen atoms in total. The summed E-state index contributed by atoms with van der Waals surface area (Å²) < 4.78 is 0. The molecule has 2 N–H and O–H groups in total. The van der Waals surface area contributed by atoms with Crippen molar-refractivity contribution in [3.8, 4) is 0 Å². The van der Waals surface area contributed by atoms with Crippen LogP contribution in [0.2, 0.25) is 0 Å². The molecule has 9 heteroatoms. The van der Waals surface area contributed by atoms with Gasteiger partial charge < -0.3 is 20.4 Å². The highest BCUT2D eigenvalue weighted by atomic mass is 16.2. The first-order chi connectivity index (χ1) is 20.1. The summed E-state index contributed by atoms with van der Waals surface area (Å²) in [5, 5.41) is 5.15. The van der Waals surface area contributed by atoms with Crippen LogP contribution in [0.1, 0.15) is 80.2 Å². The third-order valence-electron chi connectivity index (χ3n) is 7.67. The fraction of sp³-hybridized carbons (Fsp3) is 0.706. The molecule has 43 heavy (non-hydrogen) atoms. The minimum atomic E-state index is -0.347. The van der Waals surface area contributed by atoms with Crippen LogP contribution in [0.15, 0.2) is 30.3 Å². The molecule has 0 saturated carbocycles. The highest BCUT2D eigenvalue weighted by Gasteiger charge is 2.35. The molecule has 0 unspecified atom stereocenters. The van der Waals surface area contributed by atoms with Crippen molar-refractivity contribution in [3.63, 3.8) is 0 Å². The number of hydrogen-bond donors (Lipinski definition) is 2. The summed E-state index contributed by atoms with van der Waals surface area (Å²) in [5.41, 5.74) is 0.761. The van der Waals surface area contributed by atoms with Crippen LogP contribution in [0.5, 0.6) is 0 Å². The Morgan fingerprint density at radius 2 is 1.51 bits per heavy atom. The van der Waals surface area contributed by atoms with Gasteiger partial charge in [-0.1, -0.05) is 85.7 Å². The summed E-state index contributed by atoms with van der Waals surface area (Å²) in [7, 11) is 5.29. The van der Waals surface area contributed by atoms with Gasteiger partial charge >= 0.3 is 0 Å². The second-order valence-corrected chi connectivity index (χ2v) is 13.0. The maximum Gasteiger partial charge on any atom is 0.242 e. The zero-order valence-corrected chi connectivity index (χ0v) is 28.9. The second-order valence-electron chi connectivity index (χ2n) is 13.0. The van der Waals surface area contributed by atoms with E-state index in [1.165, 1.54) is 0 Å². The van der Waals surface area contributed by atoms with Crippen molar-refractivity contribution in [1.82, 2.24) is 25.3 Å². The molecule has 246 valence electrons. The largest absolute Gasteiger partial charge is 0.362 e. The van der Waals surface area contributed by atoms with Crippen LogP contribution in [0.3, 0.4) is 0 Å². The molecule has 1 aliphatic rings. The number of rotatable bonds is 13. The van der Waals surface area contributed by atoms with Crippen LogP contribution in [0, 0.1) is 17.8 Å². The predicted molar refractivity (Wildman–Crippen MR) is 177 cm³/mol. The summed E-state index contributed by atoms with van der Waals surface area (Å²) in [6.07, 6.45) is 3.46. The molecule has 1 aromatic rings. The molecule has 1 fully saturated rings. The minimum Gasteiger partial charge on any atom is -0.362 e. The van der Waals surface area contributed by atoms with Crippen LogP contribution in [0.25, 0.3) is 0 Å². The highest BCUT2D eigenvalue weighted by Crippen LogP contribution is 2.33.